The molecule has 1 unspecified atom stereocenters. The predicted octanol–water partition coefficient (Wildman–Crippen LogP) is 3.01. The van der Waals surface area contributed by atoms with Gasteiger partial charge < -0.3 is 9.47 Å². The summed E-state index contributed by atoms with van der Waals surface area (Å²) >= 11 is 0. The molecule has 0 saturated carbocycles. The van der Waals surface area contributed by atoms with Gasteiger partial charge in [-0.15, -0.1) is 0 Å². The van der Waals surface area contributed by atoms with E-state index in [0.29, 0.717) is 12.2 Å². The molecule has 0 aromatic rings. The molecule has 0 N–H and O–H groups in total. The van der Waals surface area contributed by atoms with Crippen LogP contribution in [0.2, 0.25) is 0 Å². The SMILES string of the molecule is CCCC(COC(C)C)OC(C)C. The zero-order valence-corrected chi connectivity index (χ0v) is 9.67. The van der Waals surface area contributed by atoms with Gasteiger partial charge in [0, 0.05) is 0 Å². The molecule has 2 heteroatoms. The lowest BCUT2D eigenvalue weighted by Gasteiger charge is -2.21. The highest BCUT2D eigenvalue weighted by atomic mass is 16.5. The van der Waals surface area contributed by atoms with Crippen LogP contribution in [0.4, 0.5) is 0 Å². The highest BCUT2D eigenvalue weighted by Gasteiger charge is 2.10. The van der Waals surface area contributed by atoms with E-state index in [1.165, 1.54) is 0 Å². The van der Waals surface area contributed by atoms with E-state index in [1.807, 2.05) is 0 Å². The highest BCUT2D eigenvalue weighted by molar-refractivity contribution is 4.58. The van der Waals surface area contributed by atoms with Gasteiger partial charge in [0.25, 0.3) is 0 Å². The van der Waals surface area contributed by atoms with Gasteiger partial charge in [-0.25, -0.2) is 0 Å². The number of hydrogen-bond acceptors (Lipinski definition) is 2. The van der Waals surface area contributed by atoms with E-state index < -0.39 is 0 Å². The van der Waals surface area contributed by atoms with E-state index in [0.717, 1.165) is 19.4 Å². The maximum absolute atomic E-state index is 5.72. The maximum atomic E-state index is 5.72. The third-order valence-electron chi connectivity index (χ3n) is 1.69. The predicted molar refractivity (Wildman–Crippen MR) is 56.0 cm³/mol. The average molecular weight is 188 g/mol. The standard InChI is InChI=1S/C11H24O2/c1-6-7-11(13-10(4)5)8-12-9(2)3/h9-11H,6-8H2,1-5H3. The summed E-state index contributed by atoms with van der Waals surface area (Å²) < 4.78 is 11.2. The Hall–Kier alpha value is -0.0800. The largest absolute Gasteiger partial charge is 0.376 e. The third-order valence-corrected chi connectivity index (χ3v) is 1.69. The van der Waals surface area contributed by atoms with E-state index in [1.54, 1.807) is 0 Å². The first-order valence-corrected chi connectivity index (χ1v) is 5.33. The van der Waals surface area contributed by atoms with Crippen molar-refractivity contribution >= 4 is 0 Å². The first-order chi connectivity index (χ1) is 6.06. The van der Waals surface area contributed by atoms with Crippen LogP contribution in [0, 0.1) is 0 Å². The number of rotatable bonds is 7. The van der Waals surface area contributed by atoms with Gasteiger partial charge in [0.1, 0.15) is 0 Å². The number of ether oxygens (including phenoxy) is 2. The Morgan fingerprint density at radius 2 is 1.62 bits per heavy atom. The van der Waals surface area contributed by atoms with Crippen LogP contribution >= 0.6 is 0 Å². The zero-order chi connectivity index (χ0) is 10.3. The van der Waals surface area contributed by atoms with Gasteiger partial charge in [-0.05, 0) is 34.1 Å². The Morgan fingerprint density at radius 1 is 1.00 bits per heavy atom. The monoisotopic (exact) mass is 188 g/mol. The van der Waals surface area contributed by atoms with Crippen molar-refractivity contribution in [1.82, 2.24) is 0 Å². The summed E-state index contributed by atoms with van der Waals surface area (Å²) in [7, 11) is 0. The molecule has 0 aliphatic rings. The fourth-order valence-electron chi connectivity index (χ4n) is 1.20. The molecule has 0 rings (SSSR count). The average Bonchev–Trinajstić information content (AvgIpc) is 1.99. The van der Waals surface area contributed by atoms with Crippen LogP contribution in [0.25, 0.3) is 0 Å². The summed E-state index contributed by atoms with van der Waals surface area (Å²) in [6, 6.07) is 0. The Morgan fingerprint density at radius 3 is 2.00 bits per heavy atom. The van der Waals surface area contributed by atoms with Crippen molar-refractivity contribution in [3.05, 3.63) is 0 Å². The van der Waals surface area contributed by atoms with Crippen LogP contribution < -0.4 is 0 Å². The molecule has 0 amide bonds. The normalized spacial score (nSPS) is 14.1. The minimum atomic E-state index is 0.271. The second kappa shape index (κ2) is 7.34. The van der Waals surface area contributed by atoms with E-state index in [-0.39, 0.29) is 6.10 Å². The summed E-state index contributed by atoms with van der Waals surface area (Å²) in [5.74, 6) is 0. The Bertz CT molecular complexity index is 111. The van der Waals surface area contributed by atoms with Crippen molar-refractivity contribution in [2.45, 2.75) is 65.8 Å². The van der Waals surface area contributed by atoms with E-state index in [2.05, 4.69) is 34.6 Å². The van der Waals surface area contributed by atoms with Gasteiger partial charge in [-0.2, -0.15) is 0 Å². The smallest absolute Gasteiger partial charge is 0.0812 e. The summed E-state index contributed by atoms with van der Waals surface area (Å²) in [5.41, 5.74) is 0. The van der Waals surface area contributed by atoms with Gasteiger partial charge >= 0.3 is 0 Å². The molecule has 0 aliphatic heterocycles. The molecule has 0 saturated heterocycles. The zero-order valence-electron chi connectivity index (χ0n) is 9.67. The Kier molecular flexibility index (Phi) is 7.29. The molecule has 0 aromatic carbocycles. The fourth-order valence-corrected chi connectivity index (χ4v) is 1.20. The summed E-state index contributed by atoms with van der Waals surface area (Å²) in [5, 5.41) is 0. The van der Waals surface area contributed by atoms with Crippen molar-refractivity contribution in [2.75, 3.05) is 6.61 Å². The molecule has 1 atom stereocenters. The van der Waals surface area contributed by atoms with Gasteiger partial charge in [-0.3, -0.25) is 0 Å². The van der Waals surface area contributed by atoms with Crippen molar-refractivity contribution in [3.63, 3.8) is 0 Å². The van der Waals surface area contributed by atoms with Gasteiger partial charge in [0.05, 0.1) is 24.9 Å². The minimum Gasteiger partial charge on any atom is -0.376 e. The first-order valence-electron chi connectivity index (χ1n) is 5.33. The second-order valence-corrected chi connectivity index (χ2v) is 3.98. The molecule has 2 nitrogen and oxygen atoms in total. The molecule has 0 aromatic heterocycles. The molecular formula is C11H24O2. The summed E-state index contributed by atoms with van der Waals surface area (Å²) in [6.45, 7) is 11.1. The maximum Gasteiger partial charge on any atom is 0.0812 e. The molecule has 0 aliphatic carbocycles. The Balaban J connectivity index is 3.66. The molecule has 0 bridgehead atoms. The van der Waals surface area contributed by atoms with Crippen molar-refractivity contribution in [3.8, 4) is 0 Å². The molecule has 80 valence electrons. The quantitative estimate of drug-likeness (QED) is 0.611. The summed E-state index contributed by atoms with van der Waals surface area (Å²) in [6.07, 6.45) is 3.11. The van der Waals surface area contributed by atoms with Gasteiger partial charge in [-0.1, -0.05) is 13.3 Å². The van der Waals surface area contributed by atoms with E-state index in [4.69, 9.17) is 9.47 Å². The van der Waals surface area contributed by atoms with Crippen LogP contribution in [-0.2, 0) is 9.47 Å². The lowest BCUT2D eigenvalue weighted by Crippen LogP contribution is -2.25. The molecule has 0 fully saturated rings. The fraction of sp³-hybridized carbons (Fsp3) is 1.00. The van der Waals surface area contributed by atoms with Crippen LogP contribution in [0.1, 0.15) is 47.5 Å². The second-order valence-electron chi connectivity index (χ2n) is 3.98. The van der Waals surface area contributed by atoms with Crippen LogP contribution in [-0.4, -0.2) is 24.9 Å². The minimum absolute atomic E-state index is 0.271. The summed E-state index contributed by atoms with van der Waals surface area (Å²) in [4.78, 5) is 0. The van der Waals surface area contributed by atoms with Gasteiger partial charge in [0.15, 0.2) is 0 Å². The lowest BCUT2D eigenvalue weighted by atomic mass is 10.2. The first kappa shape index (κ1) is 12.9. The van der Waals surface area contributed by atoms with Crippen molar-refractivity contribution in [1.29, 1.82) is 0 Å². The molecule has 0 spiro atoms. The molecule has 0 radical (unpaired) electrons. The molecule has 13 heavy (non-hydrogen) atoms. The number of hydrogen-bond donors (Lipinski definition) is 0. The van der Waals surface area contributed by atoms with E-state index in [9.17, 15) is 0 Å². The topological polar surface area (TPSA) is 18.5 Å². The van der Waals surface area contributed by atoms with E-state index >= 15 is 0 Å². The lowest BCUT2D eigenvalue weighted by molar-refractivity contribution is -0.0615. The molecular weight excluding hydrogens is 164 g/mol. The third kappa shape index (κ3) is 8.26. The van der Waals surface area contributed by atoms with Crippen LogP contribution in [0.3, 0.4) is 0 Å². The van der Waals surface area contributed by atoms with Crippen molar-refractivity contribution < 1.29 is 9.47 Å². The van der Waals surface area contributed by atoms with Crippen LogP contribution in [0.5, 0.6) is 0 Å². The Labute approximate surface area is 82.6 Å². The van der Waals surface area contributed by atoms with Gasteiger partial charge in [0.2, 0.25) is 0 Å². The highest BCUT2D eigenvalue weighted by Crippen LogP contribution is 2.07. The molecule has 0 heterocycles. The van der Waals surface area contributed by atoms with Crippen LogP contribution in [0.15, 0.2) is 0 Å². The van der Waals surface area contributed by atoms with Crippen molar-refractivity contribution in [2.24, 2.45) is 0 Å².